The molecule has 0 aromatic carbocycles. The van der Waals surface area contributed by atoms with Gasteiger partial charge < -0.3 is 9.84 Å². The zero-order valence-electron chi connectivity index (χ0n) is 4.96. The third kappa shape index (κ3) is 3.34. The summed E-state index contributed by atoms with van der Waals surface area (Å²) in [5, 5.41) is 8.19. The number of carbonyl (C=O) groups is 1. The van der Waals surface area contributed by atoms with E-state index >= 15 is 0 Å². The van der Waals surface area contributed by atoms with Crippen molar-refractivity contribution >= 4 is 5.97 Å². The average molecular weight is 128 g/mol. The van der Waals surface area contributed by atoms with E-state index in [0.29, 0.717) is 0 Å². The highest BCUT2D eigenvalue weighted by Crippen LogP contribution is 1.90. The van der Waals surface area contributed by atoms with Gasteiger partial charge in [-0.05, 0) is 0 Å². The van der Waals surface area contributed by atoms with Crippen molar-refractivity contribution in [1.82, 2.24) is 0 Å². The van der Waals surface area contributed by atoms with Crippen molar-refractivity contribution in [2.24, 2.45) is 0 Å². The molecule has 50 valence electrons. The van der Waals surface area contributed by atoms with Crippen LogP contribution in [0.1, 0.15) is 0 Å². The molecule has 0 aliphatic heterocycles. The van der Waals surface area contributed by atoms with Crippen molar-refractivity contribution in [2.45, 2.75) is 0 Å². The van der Waals surface area contributed by atoms with E-state index in [4.69, 9.17) is 5.11 Å². The largest absolute Gasteiger partial charge is 0.497 e. The minimum atomic E-state index is -1.04. The predicted molar refractivity (Wildman–Crippen MR) is 32.9 cm³/mol. The van der Waals surface area contributed by atoms with Gasteiger partial charge in [0.15, 0.2) is 0 Å². The maximum atomic E-state index is 9.99. The van der Waals surface area contributed by atoms with E-state index in [9.17, 15) is 4.79 Å². The first kappa shape index (κ1) is 7.75. The highest BCUT2D eigenvalue weighted by molar-refractivity contribution is 5.85. The first-order valence-electron chi connectivity index (χ1n) is 2.32. The lowest BCUT2D eigenvalue weighted by molar-refractivity contribution is -0.133. The number of hydrogen-bond acceptors (Lipinski definition) is 2. The van der Waals surface area contributed by atoms with Gasteiger partial charge in [0, 0.05) is 0 Å². The molecule has 0 rings (SSSR count). The predicted octanol–water partition coefficient (Wildman–Crippen LogP) is 0.787. The molecule has 0 fully saturated rings. The normalized spacial score (nSPS) is 8.00. The second kappa shape index (κ2) is 3.72. The molecule has 0 heterocycles. The van der Waals surface area contributed by atoms with Crippen LogP contribution in [0.4, 0.5) is 0 Å². The Bertz CT molecular complexity index is 137. The molecule has 0 aliphatic carbocycles. The molecule has 3 heteroatoms. The van der Waals surface area contributed by atoms with Gasteiger partial charge in [0.25, 0.3) is 0 Å². The second-order valence-corrected chi connectivity index (χ2v) is 1.39. The Morgan fingerprint density at radius 2 is 2.33 bits per heavy atom. The average Bonchev–Trinajstić information content (AvgIpc) is 1.82. The molecule has 0 unspecified atom stereocenters. The van der Waals surface area contributed by atoms with Gasteiger partial charge in [0.05, 0.1) is 11.8 Å². The standard InChI is InChI=1S/C6H8O3/c1-3-9-4-5(2)6(7)8/h3H,1-2,4H2,(H,7,8). The third-order valence-corrected chi connectivity index (χ3v) is 0.678. The number of carboxylic acid groups (broad SMARTS) is 1. The van der Waals surface area contributed by atoms with E-state index in [0.717, 1.165) is 0 Å². The molecule has 0 atom stereocenters. The molecule has 1 N–H and O–H groups in total. The van der Waals surface area contributed by atoms with Gasteiger partial charge >= 0.3 is 5.97 Å². The molecule has 0 saturated heterocycles. The van der Waals surface area contributed by atoms with E-state index in [2.05, 4.69) is 17.9 Å². The Kier molecular flexibility index (Phi) is 3.20. The summed E-state index contributed by atoms with van der Waals surface area (Å²) in [5.41, 5.74) is 0.0231. The van der Waals surface area contributed by atoms with Crippen molar-refractivity contribution < 1.29 is 14.6 Å². The Morgan fingerprint density at radius 3 is 2.67 bits per heavy atom. The lowest BCUT2D eigenvalue weighted by Crippen LogP contribution is -2.03. The van der Waals surface area contributed by atoms with E-state index in [1.54, 1.807) is 0 Å². The van der Waals surface area contributed by atoms with Crippen LogP contribution in [0.3, 0.4) is 0 Å². The van der Waals surface area contributed by atoms with Gasteiger partial charge in [-0.2, -0.15) is 0 Å². The van der Waals surface area contributed by atoms with Crippen LogP contribution >= 0.6 is 0 Å². The van der Waals surface area contributed by atoms with Gasteiger partial charge in [0.1, 0.15) is 6.61 Å². The van der Waals surface area contributed by atoms with Crippen LogP contribution in [0.2, 0.25) is 0 Å². The second-order valence-electron chi connectivity index (χ2n) is 1.39. The van der Waals surface area contributed by atoms with E-state index in [1.807, 2.05) is 0 Å². The summed E-state index contributed by atoms with van der Waals surface area (Å²) in [6, 6.07) is 0. The van der Waals surface area contributed by atoms with Crippen molar-refractivity contribution in [3.63, 3.8) is 0 Å². The van der Waals surface area contributed by atoms with E-state index in [1.165, 1.54) is 6.26 Å². The van der Waals surface area contributed by atoms with Crippen molar-refractivity contribution in [1.29, 1.82) is 0 Å². The minimum absolute atomic E-state index is 0.00116. The molecule has 0 bridgehead atoms. The highest BCUT2D eigenvalue weighted by atomic mass is 16.5. The zero-order valence-corrected chi connectivity index (χ0v) is 4.96. The minimum Gasteiger partial charge on any atom is -0.497 e. The summed E-state index contributed by atoms with van der Waals surface area (Å²) < 4.78 is 4.54. The maximum Gasteiger partial charge on any atom is 0.334 e. The lowest BCUT2D eigenvalue weighted by atomic mass is 10.3. The fraction of sp³-hybridized carbons (Fsp3) is 0.167. The molecular formula is C6H8O3. The van der Waals surface area contributed by atoms with E-state index in [-0.39, 0.29) is 12.2 Å². The van der Waals surface area contributed by atoms with Crippen molar-refractivity contribution in [2.75, 3.05) is 6.61 Å². The van der Waals surface area contributed by atoms with Crippen molar-refractivity contribution in [3.05, 3.63) is 25.0 Å². The summed E-state index contributed by atoms with van der Waals surface area (Å²) in [4.78, 5) is 9.99. The fourth-order valence-corrected chi connectivity index (χ4v) is 0.221. The molecule has 0 aromatic rings. The van der Waals surface area contributed by atoms with Crippen LogP contribution in [0.5, 0.6) is 0 Å². The topological polar surface area (TPSA) is 46.5 Å². The highest BCUT2D eigenvalue weighted by Gasteiger charge is 2.01. The number of aliphatic carboxylic acids is 1. The molecule has 9 heavy (non-hydrogen) atoms. The molecular weight excluding hydrogens is 120 g/mol. The van der Waals surface area contributed by atoms with Crippen LogP contribution in [0.25, 0.3) is 0 Å². The first-order chi connectivity index (χ1) is 4.18. The summed E-state index contributed by atoms with van der Waals surface area (Å²) >= 11 is 0. The van der Waals surface area contributed by atoms with Gasteiger partial charge in [-0.15, -0.1) is 0 Å². The number of carboxylic acids is 1. The Morgan fingerprint density at radius 1 is 1.78 bits per heavy atom. The van der Waals surface area contributed by atoms with Gasteiger partial charge in [0.2, 0.25) is 0 Å². The molecule has 0 radical (unpaired) electrons. The molecule has 0 amide bonds. The van der Waals surface area contributed by atoms with Crippen LogP contribution < -0.4 is 0 Å². The quantitative estimate of drug-likeness (QED) is 0.449. The Hall–Kier alpha value is -1.25. The molecule has 3 nitrogen and oxygen atoms in total. The third-order valence-electron chi connectivity index (χ3n) is 0.678. The molecule has 0 aromatic heterocycles. The SMILES string of the molecule is C=COCC(=C)C(=O)O. The molecule has 0 spiro atoms. The van der Waals surface area contributed by atoms with Gasteiger partial charge in [-0.3, -0.25) is 0 Å². The van der Waals surface area contributed by atoms with Crippen LogP contribution in [0.15, 0.2) is 25.0 Å². The summed E-state index contributed by atoms with van der Waals surface area (Å²) in [7, 11) is 0. The zero-order chi connectivity index (χ0) is 7.28. The van der Waals surface area contributed by atoms with Gasteiger partial charge in [-0.1, -0.05) is 13.2 Å². The Labute approximate surface area is 53.3 Å². The number of hydrogen-bond donors (Lipinski definition) is 1. The van der Waals surface area contributed by atoms with Crippen LogP contribution in [-0.2, 0) is 9.53 Å². The number of ether oxygens (including phenoxy) is 1. The summed E-state index contributed by atoms with van der Waals surface area (Å²) in [5.74, 6) is -1.04. The van der Waals surface area contributed by atoms with Crippen LogP contribution in [0, 0.1) is 0 Å². The smallest absolute Gasteiger partial charge is 0.334 e. The molecule has 0 saturated carbocycles. The first-order valence-corrected chi connectivity index (χ1v) is 2.32. The van der Waals surface area contributed by atoms with Crippen LogP contribution in [-0.4, -0.2) is 17.7 Å². The fourth-order valence-electron chi connectivity index (χ4n) is 0.221. The number of rotatable bonds is 4. The molecule has 0 aliphatic rings. The van der Waals surface area contributed by atoms with Crippen molar-refractivity contribution in [3.8, 4) is 0 Å². The van der Waals surface area contributed by atoms with Gasteiger partial charge in [-0.25, -0.2) is 4.79 Å². The summed E-state index contributed by atoms with van der Waals surface area (Å²) in [6.07, 6.45) is 1.17. The Balaban J connectivity index is 3.51. The van der Waals surface area contributed by atoms with E-state index < -0.39 is 5.97 Å². The lowest BCUT2D eigenvalue weighted by Gasteiger charge is -1.96. The maximum absolute atomic E-state index is 9.99. The monoisotopic (exact) mass is 128 g/mol. The summed E-state index contributed by atoms with van der Waals surface area (Å²) in [6.45, 7) is 6.45.